The number of amides is 1. The summed E-state index contributed by atoms with van der Waals surface area (Å²) in [5, 5.41) is 2.97. The number of aryl methyl sites for hydroxylation is 1. The lowest BCUT2D eigenvalue weighted by Crippen LogP contribution is -2.37. The minimum Gasteiger partial charge on any atom is -0.481 e. The topological polar surface area (TPSA) is 38.3 Å². The summed E-state index contributed by atoms with van der Waals surface area (Å²) in [4.78, 5) is 12.2. The summed E-state index contributed by atoms with van der Waals surface area (Å²) < 4.78 is 5.70. The standard InChI is InChI=1S/C19H23NO2/c1-4-16-10-12-18(13-11-16)22-15(3)19(21)20-14(2)17-8-6-5-7-9-17/h5-15H,4H2,1-3H3,(H,20,21)/t14-,15+/m0/s1. The highest BCUT2D eigenvalue weighted by molar-refractivity contribution is 5.81. The minimum atomic E-state index is -0.529. The molecule has 0 aliphatic heterocycles. The molecule has 1 amide bonds. The Morgan fingerprint density at radius 1 is 1.05 bits per heavy atom. The van der Waals surface area contributed by atoms with E-state index >= 15 is 0 Å². The summed E-state index contributed by atoms with van der Waals surface area (Å²) in [7, 11) is 0. The maximum absolute atomic E-state index is 12.2. The summed E-state index contributed by atoms with van der Waals surface area (Å²) in [5.74, 6) is 0.600. The van der Waals surface area contributed by atoms with Gasteiger partial charge in [-0.2, -0.15) is 0 Å². The van der Waals surface area contributed by atoms with Gasteiger partial charge in [0, 0.05) is 0 Å². The molecule has 116 valence electrons. The molecule has 0 aliphatic rings. The van der Waals surface area contributed by atoms with Gasteiger partial charge in [0.05, 0.1) is 6.04 Å². The lowest BCUT2D eigenvalue weighted by Gasteiger charge is -2.19. The van der Waals surface area contributed by atoms with Crippen molar-refractivity contribution in [2.75, 3.05) is 0 Å². The van der Waals surface area contributed by atoms with Gasteiger partial charge in [0.25, 0.3) is 5.91 Å². The molecule has 0 bridgehead atoms. The molecule has 2 aromatic rings. The fraction of sp³-hybridized carbons (Fsp3) is 0.316. The maximum Gasteiger partial charge on any atom is 0.261 e. The zero-order chi connectivity index (χ0) is 15.9. The Hall–Kier alpha value is -2.29. The summed E-state index contributed by atoms with van der Waals surface area (Å²) in [5.41, 5.74) is 2.33. The number of nitrogens with one attached hydrogen (secondary N) is 1. The van der Waals surface area contributed by atoms with E-state index in [1.54, 1.807) is 6.92 Å². The van der Waals surface area contributed by atoms with Gasteiger partial charge in [0.15, 0.2) is 6.10 Å². The van der Waals surface area contributed by atoms with Crippen molar-refractivity contribution in [2.45, 2.75) is 39.3 Å². The van der Waals surface area contributed by atoms with E-state index in [0.717, 1.165) is 12.0 Å². The van der Waals surface area contributed by atoms with Crippen LogP contribution in [-0.4, -0.2) is 12.0 Å². The molecule has 0 unspecified atom stereocenters. The van der Waals surface area contributed by atoms with Gasteiger partial charge >= 0.3 is 0 Å². The number of rotatable bonds is 6. The molecule has 0 radical (unpaired) electrons. The molecule has 3 nitrogen and oxygen atoms in total. The van der Waals surface area contributed by atoms with Crippen LogP contribution in [0.1, 0.15) is 37.9 Å². The van der Waals surface area contributed by atoms with Crippen molar-refractivity contribution in [3.63, 3.8) is 0 Å². The second kappa shape index (κ2) is 7.64. The van der Waals surface area contributed by atoms with Crippen LogP contribution in [0.5, 0.6) is 5.75 Å². The third-order valence-corrected chi connectivity index (χ3v) is 3.67. The lowest BCUT2D eigenvalue weighted by atomic mass is 10.1. The molecule has 3 heteroatoms. The number of carbonyl (C=O) groups excluding carboxylic acids is 1. The quantitative estimate of drug-likeness (QED) is 0.878. The minimum absolute atomic E-state index is 0.0396. The molecule has 0 saturated heterocycles. The van der Waals surface area contributed by atoms with E-state index in [4.69, 9.17) is 4.74 Å². The Labute approximate surface area is 132 Å². The molecule has 22 heavy (non-hydrogen) atoms. The van der Waals surface area contributed by atoms with Crippen LogP contribution in [0.15, 0.2) is 54.6 Å². The number of benzene rings is 2. The van der Waals surface area contributed by atoms with Crippen molar-refractivity contribution in [2.24, 2.45) is 0 Å². The van der Waals surface area contributed by atoms with Crippen molar-refractivity contribution in [1.29, 1.82) is 0 Å². The normalized spacial score (nSPS) is 13.2. The van der Waals surface area contributed by atoms with E-state index in [1.165, 1.54) is 5.56 Å². The molecular weight excluding hydrogens is 274 g/mol. The summed E-state index contributed by atoms with van der Waals surface area (Å²) >= 11 is 0. The third kappa shape index (κ3) is 4.35. The van der Waals surface area contributed by atoms with E-state index < -0.39 is 6.10 Å². The van der Waals surface area contributed by atoms with Crippen LogP contribution in [0, 0.1) is 0 Å². The van der Waals surface area contributed by atoms with Crippen LogP contribution in [0.2, 0.25) is 0 Å². The third-order valence-electron chi connectivity index (χ3n) is 3.67. The first-order chi connectivity index (χ1) is 10.6. The number of carbonyl (C=O) groups is 1. The van der Waals surface area contributed by atoms with E-state index in [0.29, 0.717) is 5.75 Å². The predicted octanol–water partition coefficient (Wildman–Crippen LogP) is 3.89. The van der Waals surface area contributed by atoms with Gasteiger partial charge in [-0.05, 0) is 43.5 Å². The second-order valence-electron chi connectivity index (χ2n) is 5.40. The Morgan fingerprint density at radius 3 is 2.27 bits per heavy atom. The van der Waals surface area contributed by atoms with Gasteiger partial charge in [-0.15, -0.1) is 0 Å². The summed E-state index contributed by atoms with van der Waals surface area (Å²) in [6, 6.07) is 17.7. The zero-order valence-corrected chi connectivity index (χ0v) is 13.4. The Balaban J connectivity index is 1.91. The molecule has 2 atom stereocenters. The van der Waals surface area contributed by atoms with Crippen LogP contribution in [-0.2, 0) is 11.2 Å². The van der Waals surface area contributed by atoms with E-state index in [-0.39, 0.29) is 11.9 Å². The van der Waals surface area contributed by atoms with Gasteiger partial charge in [0.2, 0.25) is 0 Å². The van der Waals surface area contributed by atoms with Crippen LogP contribution < -0.4 is 10.1 Å². The van der Waals surface area contributed by atoms with Crippen molar-refractivity contribution in [3.05, 3.63) is 65.7 Å². The Kier molecular flexibility index (Phi) is 5.59. The lowest BCUT2D eigenvalue weighted by molar-refractivity contribution is -0.127. The van der Waals surface area contributed by atoms with Crippen LogP contribution in [0.3, 0.4) is 0 Å². The second-order valence-corrected chi connectivity index (χ2v) is 5.40. The fourth-order valence-electron chi connectivity index (χ4n) is 2.22. The molecule has 0 aromatic heterocycles. The van der Waals surface area contributed by atoms with Crippen molar-refractivity contribution in [3.8, 4) is 5.75 Å². The first-order valence-electron chi connectivity index (χ1n) is 7.71. The molecule has 0 fully saturated rings. The average molecular weight is 297 g/mol. The molecule has 1 N–H and O–H groups in total. The van der Waals surface area contributed by atoms with E-state index in [9.17, 15) is 4.79 Å². The van der Waals surface area contributed by atoms with Crippen LogP contribution >= 0.6 is 0 Å². The molecule has 0 spiro atoms. The average Bonchev–Trinajstić information content (AvgIpc) is 2.56. The van der Waals surface area contributed by atoms with Crippen molar-refractivity contribution in [1.82, 2.24) is 5.32 Å². The molecule has 0 heterocycles. The molecule has 2 rings (SSSR count). The molecule has 0 saturated carbocycles. The molecular formula is C19H23NO2. The van der Waals surface area contributed by atoms with E-state index in [2.05, 4.69) is 12.2 Å². The van der Waals surface area contributed by atoms with Gasteiger partial charge in [0.1, 0.15) is 5.75 Å². The highest BCUT2D eigenvalue weighted by Crippen LogP contribution is 2.15. The maximum atomic E-state index is 12.2. The van der Waals surface area contributed by atoms with Crippen molar-refractivity contribution >= 4 is 5.91 Å². The smallest absolute Gasteiger partial charge is 0.261 e. The number of hydrogen-bond donors (Lipinski definition) is 1. The molecule has 2 aromatic carbocycles. The Bertz CT molecular complexity index is 593. The first-order valence-corrected chi connectivity index (χ1v) is 7.71. The summed E-state index contributed by atoms with van der Waals surface area (Å²) in [6.07, 6.45) is 0.462. The fourth-order valence-corrected chi connectivity index (χ4v) is 2.22. The van der Waals surface area contributed by atoms with Crippen molar-refractivity contribution < 1.29 is 9.53 Å². The zero-order valence-electron chi connectivity index (χ0n) is 13.4. The van der Waals surface area contributed by atoms with Crippen LogP contribution in [0.4, 0.5) is 0 Å². The monoisotopic (exact) mass is 297 g/mol. The van der Waals surface area contributed by atoms with Gasteiger partial charge in [-0.25, -0.2) is 0 Å². The Morgan fingerprint density at radius 2 is 1.68 bits per heavy atom. The SMILES string of the molecule is CCc1ccc(O[C@H](C)C(=O)N[C@@H](C)c2ccccc2)cc1. The highest BCUT2D eigenvalue weighted by Gasteiger charge is 2.17. The van der Waals surface area contributed by atoms with Gasteiger partial charge in [-0.1, -0.05) is 49.4 Å². The van der Waals surface area contributed by atoms with E-state index in [1.807, 2.05) is 61.5 Å². The van der Waals surface area contributed by atoms with Gasteiger partial charge in [-0.3, -0.25) is 4.79 Å². The first kappa shape index (κ1) is 16.1. The number of ether oxygens (including phenoxy) is 1. The predicted molar refractivity (Wildman–Crippen MR) is 88.9 cm³/mol. The van der Waals surface area contributed by atoms with Crippen LogP contribution in [0.25, 0.3) is 0 Å². The molecule has 0 aliphatic carbocycles. The summed E-state index contributed by atoms with van der Waals surface area (Å²) in [6.45, 7) is 5.84. The van der Waals surface area contributed by atoms with Gasteiger partial charge < -0.3 is 10.1 Å². The number of hydrogen-bond acceptors (Lipinski definition) is 2. The largest absolute Gasteiger partial charge is 0.481 e. The highest BCUT2D eigenvalue weighted by atomic mass is 16.5.